The van der Waals surface area contributed by atoms with E-state index in [9.17, 15) is 0 Å². The molecule has 1 aliphatic rings. The van der Waals surface area contributed by atoms with Crippen LogP contribution in [0.2, 0.25) is 0 Å². The number of nitrogens with one attached hydrogen (secondary N) is 1. The van der Waals surface area contributed by atoms with Gasteiger partial charge in [-0.2, -0.15) is 5.10 Å². The van der Waals surface area contributed by atoms with Gasteiger partial charge in [0.1, 0.15) is 0 Å². The van der Waals surface area contributed by atoms with Gasteiger partial charge >= 0.3 is 0 Å². The van der Waals surface area contributed by atoms with Crippen molar-refractivity contribution >= 4 is 29.9 Å². The van der Waals surface area contributed by atoms with Crippen LogP contribution in [0.5, 0.6) is 0 Å². The first-order valence-electron chi connectivity index (χ1n) is 10.6. The third-order valence-corrected chi connectivity index (χ3v) is 5.53. The molecule has 0 radical (unpaired) electrons. The minimum Gasteiger partial charge on any atom is -0.356 e. The number of aliphatic imine (C=N–C) groups is 1. The average Bonchev–Trinajstić information content (AvgIpc) is 3.00. The highest BCUT2D eigenvalue weighted by Crippen LogP contribution is 2.18. The Balaban J connectivity index is 0.00000392. The Bertz CT molecular complexity index is 590. The van der Waals surface area contributed by atoms with Crippen molar-refractivity contribution in [2.45, 2.75) is 58.9 Å². The highest BCUT2D eigenvalue weighted by molar-refractivity contribution is 14.0. The first-order valence-corrected chi connectivity index (χ1v) is 10.6. The first-order chi connectivity index (χ1) is 12.9. The van der Waals surface area contributed by atoms with E-state index in [2.05, 4.69) is 59.2 Å². The zero-order valence-corrected chi connectivity index (χ0v) is 21.1. The Kier molecular flexibility index (Phi) is 11.4. The maximum atomic E-state index is 4.61. The third-order valence-electron chi connectivity index (χ3n) is 5.53. The van der Waals surface area contributed by atoms with Gasteiger partial charge in [-0.25, -0.2) is 0 Å². The van der Waals surface area contributed by atoms with Gasteiger partial charge in [-0.05, 0) is 57.2 Å². The Morgan fingerprint density at radius 2 is 2.00 bits per heavy atom. The van der Waals surface area contributed by atoms with Crippen molar-refractivity contribution in [1.82, 2.24) is 24.9 Å². The lowest BCUT2D eigenvalue weighted by atomic mass is 9.99. The van der Waals surface area contributed by atoms with Gasteiger partial charge in [-0.1, -0.05) is 20.8 Å². The number of likely N-dealkylation sites (tertiary alicyclic amines) is 1. The van der Waals surface area contributed by atoms with E-state index in [-0.39, 0.29) is 24.0 Å². The molecule has 0 saturated carbocycles. The van der Waals surface area contributed by atoms with Crippen molar-refractivity contribution in [2.24, 2.45) is 18.0 Å². The van der Waals surface area contributed by atoms with Crippen LogP contribution in [0.4, 0.5) is 0 Å². The van der Waals surface area contributed by atoms with Gasteiger partial charge in [-0.15, -0.1) is 24.0 Å². The molecule has 0 bridgehead atoms. The van der Waals surface area contributed by atoms with Crippen molar-refractivity contribution < 1.29 is 0 Å². The molecule has 28 heavy (non-hydrogen) atoms. The summed E-state index contributed by atoms with van der Waals surface area (Å²) in [6.45, 7) is 12.4. The van der Waals surface area contributed by atoms with Crippen molar-refractivity contribution in [3.8, 4) is 0 Å². The SMILES string of the molecule is CN=C(NCCCCN1CCC(C)CC1)N(C)Cc1cn(C)nc1C(C)C.I. The lowest BCUT2D eigenvalue weighted by Gasteiger charge is -2.30. The maximum absolute atomic E-state index is 4.61. The molecule has 6 nitrogen and oxygen atoms in total. The molecule has 1 N–H and O–H groups in total. The van der Waals surface area contributed by atoms with Crippen LogP contribution in [0, 0.1) is 5.92 Å². The molecule has 1 aromatic heterocycles. The molecule has 0 aromatic carbocycles. The molecule has 0 aliphatic carbocycles. The number of guanidine groups is 1. The van der Waals surface area contributed by atoms with Crippen LogP contribution in [0.3, 0.4) is 0 Å². The van der Waals surface area contributed by atoms with Crippen LogP contribution in [-0.4, -0.2) is 65.8 Å². The van der Waals surface area contributed by atoms with E-state index in [1.165, 1.54) is 56.6 Å². The Hall–Kier alpha value is -0.830. The Labute approximate surface area is 189 Å². The zero-order chi connectivity index (χ0) is 19.8. The minimum absolute atomic E-state index is 0. The van der Waals surface area contributed by atoms with Crippen molar-refractivity contribution in [3.05, 3.63) is 17.5 Å². The highest BCUT2D eigenvalue weighted by Gasteiger charge is 2.16. The third kappa shape index (κ3) is 7.89. The van der Waals surface area contributed by atoms with Crippen molar-refractivity contribution in [1.29, 1.82) is 0 Å². The van der Waals surface area contributed by atoms with Gasteiger partial charge in [0.25, 0.3) is 0 Å². The second-order valence-electron chi connectivity index (χ2n) is 8.43. The molecule has 0 amide bonds. The molecule has 1 fully saturated rings. The van der Waals surface area contributed by atoms with Gasteiger partial charge in [0.2, 0.25) is 0 Å². The van der Waals surface area contributed by atoms with Gasteiger partial charge in [0.05, 0.1) is 5.69 Å². The fourth-order valence-corrected chi connectivity index (χ4v) is 3.82. The summed E-state index contributed by atoms with van der Waals surface area (Å²) < 4.78 is 1.91. The topological polar surface area (TPSA) is 48.7 Å². The molecule has 1 aliphatic heterocycles. The van der Waals surface area contributed by atoms with E-state index >= 15 is 0 Å². The van der Waals surface area contributed by atoms with Crippen LogP contribution >= 0.6 is 24.0 Å². The van der Waals surface area contributed by atoms with Crippen molar-refractivity contribution in [2.75, 3.05) is 40.3 Å². The van der Waals surface area contributed by atoms with E-state index in [1.807, 2.05) is 18.8 Å². The zero-order valence-electron chi connectivity index (χ0n) is 18.7. The summed E-state index contributed by atoms with van der Waals surface area (Å²) in [7, 11) is 5.95. The first kappa shape index (κ1) is 25.2. The number of halogens is 1. The van der Waals surface area contributed by atoms with Gasteiger partial charge in [-0.3, -0.25) is 9.67 Å². The predicted molar refractivity (Wildman–Crippen MR) is 130 cm³/mol. The fourth-order valence-electron chi connectivity index (χ4n) is 3.82. The molecule has 2 rings (SSSR count). The molecule has 0 atom stereocenters. The fraction of sp³-hybridized carbons (Fsp3) is 0.810. The van der Waals surface area contributed by atoms with E-state index in [4.69, 9.17) is 0 Å². The number of hydrogen-bond acceptors (Lipinski definition) is 3. The number of piperidine rings is 1. The largest absolute Gasteiger partial charge is 0.356 e. The lowest BCUT2D eigenvalue weighted by Crippen LogP contribution is -2.39. The molecular weight excluding hydrogens is 463 g/mol. The standard InChI is InChI=1S/C21H40N6.HI/c1-17(2)20-19(16-26(6)24-20)15-25(5)21(22-4)23-11-7-8-12-27-13-9-18(3)10-14-27;/h16-18H,7-15H2,1-6H3,(H,22,23);1H. The van der Waals surface area contributed by atoms with Crippen LogP contribution < -0.4 is 5.32 Å². The monoisotopic (exact) mass is 504 g/mol. The van der Waals surface area contributed by atoms with Crippen LogP contribution in [0.25, 0.3) is 0 Å². The molecule has 1 aromatic rings. The smallest absolute Gasteiger partial charge is 0.193 e. The summed E-state index contributed by atoms with van der Waals surface area (Å²) in [4.78, 5) is 9.27. The number of hydrogen-bond donors (Lipinski definition) is 1. The summed E-state index contributed by atoms with van der Waals surface area (Å²) in [5.41, 5.74) is 2.45. The van der Waals surface area contributed by atoms with Crippen LogP contribution in [-0.2, 0) is 13.6 Å². The molecular formula is C21H41IN6. The highest BCUT2D eigenvalue weighted by atomic mass is 127. The number of unbranched alkanes of at least 4 members (excludes halogenated alkanes) is 1. The van der Waals surface area contributed by atoms with Gasteiger partial charge < -0.3 is 15.1 Å². The van der Waals surface area contributed by atoms with E-state index < -0.39 is 0 Å². The number of aryl methyl sites for hydroxylation is 1. The molecule has 162 valence electrons. The molecule has 7 heteroatoms. The second kappa shape index (κ2) is 12.7. The van der Waals surface area contributed by atoms with E-state index in [0.29, 0.717) is 5.92 Å². The number of rotatable bonds is 8. The van der Waals surface area contributed by atoms with E-state index in [1.54, 1.807) is 0 Å². The normalized spacial score (nSPS) is 16.3. The summed E-state index contributed by atoms with van der Waals surface area (Å²) in [6, 6.07) is 0. The summed E-state index contributed by atoms with van der Waals surface area (Å²) in [6.07, 6.45) is 7.29. The van der Waals surface area contributed by atoms with E-state index in [0.717, 1.165) is 25.0 Å². The van der Waals surface area contributed by atoms with Crippen LogP contribution in [0.15, 0.2) is 11.2 Å². The lowest BCUT2D eigenvalue weighted by molar-refractivity contribution is 0.189. The molecule has 0 unspecified atom stereocenters. The Morgan fingerprint density at radius 1 is 1.32 bits per heavy atom. The second-order valence-corrected chi connectivity index (χ2v) is 8.43. The number of aromatic nitrogens is 2. The minimum atomic E-state index is 0. The molecule has 1 saturated heterocycles. The number of nitrogens with zero attached hydrogens (tertiary/aromatic N) is 5. The average molecular weight is 505 g/mol. The van der Waals surface area contributed by atoms with Crippen molar-refractivity contribution in [3.63, 3.8) is 0 Å². The summed E-state index contributed by atoms with van der Waals surface area (Å²) >= 11 is 0. The summed E-state index contributed by atoms with van der Waals surface area (Å²) in [5, 5.41) is 8.13. The predicted octanol–water partition coefficient (Wildman–Crippen LogP) is 3.68. The van der Waals surface area contributed by atoms with Gasteiger partial charge in [0.15, 0.2) is 5.96 Å². The maximum Gasteiger partial charge on any atom is 0.193 e. The molecule has 0 spiro atoms. The quantitative estimate of drug-likeness (QED) is 0.254. The Morgan fingerprint density at radius 3 is 2.61 bits per heavy atom. The van der Waals surface area contributed by atoms with Crippen LogP contribution in [0.1, 0.15) is 63.6 Å². The summed E-state index contributed by atoms with van der Waals surface area (Å²) in [5.74, 6) is 2.31. The molecule has 2 heterocycles. The van der Waals surface area contributed by atoms with Gasteiger partial charge in [0, 0.05) is 46.0 Å².